The molecule has 3 aromatic rings. The molecule has 0 aliphatic carbocycles. The standard InChI is InChI=1S/C27H32FN3O5.Na.H/c1-17(2)25-23(13-12-21(32)14-22(33)15-24(34)35)31(20-10-8-19(28)9-11-20)30-26(25)27(36)29-16-18-6-4-3-5-7-18;;/h3-11,17,21-22,32-33H,12-16H2,1-2H3,(H,29,36)(H,34,35);;/t21-,22-;;/m1../s1. The third-order valence-electron chi connectivity index (χ3n) is 5.85. The average molecular weight is 522 g/mol. The molecule has 0 saturated carbocycles. The van der Waals surface area contributed by atoms with Gasteiger partial charge >= 0.3 is 35.5 Å². The molecule has 2 atom stereocenters. The van der Waals surface area contributed by atoms with Crippen molar-refractivity contribution in [3.8, 4) is 5.69 Å². The van der Waals surface area contributed by atoms with E-state index < -0.39 is 30.4 Å². The summed E-state index contributed by atoms with van der Waals surface area (Å²) in [7, 11) is 0. The van der Waals surface area contributed by atoms with Gasteiger partial charge in [0.25, 0.3) is 5.91 Å². The van der Waals surface area contributed by atoms with E-state index in [1.165, 1.54) is 12.1 Å². The van der Waals surface area contributed by atoms with Gasteiger partial charge < -0.3 is 20.6 Å². The summed E-state index contributed by atoms with van der Waals surface area (Å²) in [6.07, 6.45) is -2.12. The fourth-order valence-electron chi connectivity index (χ4n) is 4.16. The first-order valence-electron chi connectivity index (χ1n) is 11.9. The molecular formula is C27H33FN3NaO5. The fraction of sp³-hybridized carbons (Fsp3) is 0.370. The van der Waals surface area contributed by atoms with Crippen molar-refractivity contribution in [3.63, 3.8) is 0 Å². The van der Waals surface area contributed by atoms with E-state index in [0.717, 1.165) is 5.56 Å². The number of aliphatic hydroxyl groups excluding tert-OH is 2. The van der Waals surface area contributed by atoms with E-state index >= 15 is 0 Å². The van der Waals surface area contributed by atoms with Crippen LogP contribution in [-0.4, -0.2) is 78.7 Å². The Kier molecular flexibility index (Phi) is 11.9. The van der Waals surface area contributed by atoms with Gasteiger partial charge in [-0.2, -0.15) is 5.10 Å². The molecule has 1 heterocycles. The number of rotatable bonds is 12. The van der Waals surface area contributed by atoms with E-state index in [2.05, 4.69) is 10.4 Å². The SMILES string of the molecule is CC(C)c1c(C(=O)NCc2ccccc2)nn(-c2ccc(F)cc2)c1CC[C@@H](O)C[C@@H](O)CC(=O)O.[NaH]. The number of carbonyl (C=O) groups is 2. The van der Waals surface area contributed by atoms with E-state index in [0.29, 0.717) is 29.9 Å². The van der Waals surface area contributed by atoms with E-state index in [1.807, 2.05) is 44.2 Å². The zero-order chi connectivity index (χ0) is 26.2. The van der Waals surface area contributed by atoms with Gasteiger partial charge in [-0.1, -0.05) is 44.2 Å². The number of amides is 1. The number of carbonyl (C=O) groups excluding carboxylic acids is 1. The maximum atomic E-state index is 13.6. The summed E-state index contributed by atoms with van der Waals surface area (Å²) < 4.78 is 15.2. The third kappa shape index (κ3) is 8.76. The van der Waals surface area contributed by atoms with Gasteiger partial charge in [0, 0.05) is 17.8 Å². The Hall–Kier alpha value is -2.56. The third-order valence-corrected chi connectivity index (χ3v) is 5.85. The molecule has 0 aliphatic rings. The number of aliphatic hydroxyl groups is 2. The minimum absolute atomic E-state index is 0. The van der Waals surface area contributed by atoms with Crippen molar-refractivity contribution in [2.24, 2.45) is 0 Å². The Bertz CT molecular complexity index is 1170. The van der Waals surface area contributed by atoms with Crippen molar-refractivity contribution >= 4 is 41.4 Å². The van der Waals surface area contributed by atoms with Crippen molar-refractivity contribution in [2.75, 3.05) is 0 Å². The Morgan fingerprint density at radius 2 is 1.68 bits per heavy atom. The molecule has 2 aromatic carbocycles. The molecule has 0 bridgehead atoms. The van der Waals surface area contributed by atoms with Gasteiger partial charge in [-0.3, -0.25) is 9.59 Å². The van der Waals surface area contributed by atoms with Gasteiger partial charge in [-0.25, -0.2) is 9.07 Å². The van der Waals surface area contributed by atoms with Crippen LogP contribution in [0.3, 0.4) is 0 Å². The first kappa shape index (κ1) is 30.7. The number of halogens is 1. The van der Waals surface area contributed by atoms with Gasteiger partial charge in [0.15, 0.2) is 5.69 Å². The molecule has 0 saturated heterocycles. The van der Waals surface area contributed by atoms with E-state index in [4.69, 9.17) is 5.11 Å². The van der Waals surface area contributed by atoms with Crippen LogP contribution in [0.1, 0.15) is 66.3 Å². The van der Waals surface area contributed by atoms with Crippen molar-refractivity contribution in [1.82, 2.24) is 15.1 Å². The molecule has 194 valence electrons. The molecule has 37 heavy (non-hydrogen) atoms. The normalized spacial score (nSPS) is 12.6. The molecule has 0 fully saturated rings. The molecule has 0 spiro atoms. The van der Waals surface area contributed by atoms with Gasteiger partial charge in [-0.15, -0.1) is 0 Å². The van der Waals surface area contributed by atoms with Crippen LogP contribution in [-0.2, 0) is 17.8 Å². The summed E-state index contributed by atoms with van der Waals surface area (Å²) in [6.45, 7) is 4.21. The second kappa shape index (κ2) is 14.4. The van der Waals surface area contributed by atoms with Gasteiger partial charge in [-0.05, 0) is 55.0 Å². The number of aliphatic carboxylic acids is 1. The van der Waals surface area contributed by atoms with Gasteiger partial charge in [0.05, 0.1) is 24.3 Å². The molecule has 1 amide bonds. The van der Waals surface area contributed by atoms with E-state index in [1.54, 1.807) is 16.8 Å². The summed E-state index contributed by atoms with van der Waals surface area (Å²) in [6, 6.07) is 15.2. The molecule has 4 N–H and O–H groups in total. The van der Waals surface area contributed by atoms with Crippen LogP contribution in [0.4, 0.5) is 4.39 Å². The zero-order valence-electron chi connectivity index (χ0n) is 20.4. The number of benzene rings is 2. The summed E-state index contributed by atoms with van der Waals surface area (Å²) in [5.41, 5.74) is 3.16. The van der Waals surface area contributed by atoms with Crippen molar-refractivity contribution < 1.29 is 29.3 Å². The van der Waals surface area contributed by atoms with Crippen LogP contribution >= 0.6 is 0 Å². The number of hydrogen-bond donors (Lipinski definition) is 4. The molecule has 8 nitrogen and oxygen atoms in total. The quantitative estimate of drug-likeness (QED) is 0.272. The van der Waals surface area contributed by atoms with Crippen molar-refractivity contribution in [2.45, 2.75) is 64.2 Å². The van der Waals surface area contributed by atoms with Crippen LogP contribution in [0.15, 0.2) is 54.6 Å². The number of carboxylic acids is 1. The first-order valence-corrected chi connectivity index (χ1v) is 11.9. The van der Waals surface area contributed by atoms with Crippen LogP contribution in [0, 0.1) is 5.82 Å². The number of nitrogens with one attached hydrogen (secondary N) is 1. The summed E-state index contributed by atoms with van der Waals surface area (Å²) >= 11 is 0. The summed E-state index contributed by atoms with van der Waals surface area (Å²) in [4.78, 5) is 24.0. The number of hydrogen-bond acceptors (Lipinski definition) is 5. The van der Waals surface area contributed by atoms with Crippen LogP contribution in [0.5, 0.6) is 0 Å². The number of nitrogens with zero attached hydrogens (tertiary/aromatic N) is 2. The van der Waals surface area contributed by atoms with Gasteiger partial charge in [0.2, 0.25) is 0 Å². The molecule has 1 aromatic heterocycles. The second-order valence-corrected chi connectivity index (χ2v) is 9.10. The molecule has 0 unspecified atom stereocenters. The van der Waals surface area contributed by atoms with Crippen LogP contribution in [0.25, 0.3) is 5.69 Å². The number of carboxylic acid groups (broad SMARTS) is 1. The first-order chi connectivity index (χ1) is 17.2. The van der Waals surface area contributed by atoms with Gasteiger partial charge in [0.1, 0.15) is 5.82 Å². The van der Waals surface area contributed by atoms with E-state index in [9.17, 15) is 24.2 Å². The summed E-state index contributed by atoms with van der Waals surface area (Å²) in [5, 5.41) is 36.6. The maximum absolute atomic E-state index is 13.6. The van der Waals surface area contributed by atoms with Crippen molar-refractivity contribution in [1.29, 1.82) is 0 Å². The average Bonchev–Trinajstić information content (AvgIpc) is 3.21. The minimum atomic E-state index is -1.16. The second-order valence-electron chi connectivity index (χ2n) is 9.10. The predicted molar refractivity (Wildman–Crippen MR) is 140 cm³/mol. The van der Waals surface area contributed by atoms with Crippen LogP contribution < -0.4 is 5.32 Å². The predicted octanol–water partition coefficient (Wildman–Crippen LogP) is 2.94. The van der Waals surface area contributed by atoms with E-state index in [-0.39, 0.29) is 59.9 Å². The molecule has 0 radical (unpaired) electrons. The Morgan fingerprint density at radius 1 is 1.03 bits per heavy atom. The topological polar surface area (TPSA) is 125 Å². The monoisotopic (exact) mass is 521 g/mol. The summed E-state index contributed by atoms with van der Waals surface area (Å²) in [5.74, 6) is -1.97. The zero-order valence-corrected chi connectivity index (χ0v) is 20.4. The molecule has 3 rings (SSSR count). The molecule has 0 aliphatic heterocycles. The Morgan fingerprint density at radius 3 is 2.27 bits per heavy atom. The van der Waals surface area contributed by atoms with Crippen molar-refractivity contribution in [3.05, 3.63) is 82.9 Å². The molecular weight excluding hydrogens is 488 g/mol. The fourth-order valence-corrected chi connectivity index (χ4v) is 4.16. The molecule has 10 heteroatoms. The van der Waals surface area contributed by atoms with Crippen LogP contribution in [0.2, 0.25) is 0 Å². The Balaban J connectivity index is 0.00000481. The Labute approximate surface area is 237 Å². The number of aromatic nitrogens is 2.